The third-order valence-corrected chi connectivity index (χ3v) is 2.98. The van der Waals surface area contributed by atoms with Gasteiger partial charge in [-0.25, -0.2) is 0 Å². The van der Waals surface area contributed by atoms with Gasteiger partial charge in [-0.05, 0) is 11.6 Å². The van der Waals surface area contributed by atoms with Gasteiger partial charge in [-0.2, -0.15) is 0 Å². The van der Waals surface area contributed by atoms with Crippen molar-refractivity contribution >= 4 is 28.9 Å². The van der Waals surface area contributed by atoms with E-state index in [1.165, 1.54) is 12.4 Å². The van der Waals surface area contributed by atoms with Crippen LogP contribution in [0.3, 0.4) is 0 Å². The molecular weight excluding hydrogens is 266 g/mol. The first-order valence-electron chi connectivity index (χ1n) is 5.62. The molecule has 6 heteroatoms. The van der Waals surface area contributed by atoms with Gasteiger partial charge in [-0.15, -0.1) is 0 Å². The van der Waals surface area contributed by atoms with Gasteiger partial charge in [0.1, 0.15) is 5.75 Å². The van der Waals surface area contributed by atoms with Crippen molar-refractivity contribution in [3.63, 3.8) is 0 Å². The van der Waals surface area contributed by atoms with Crippen molar-refractivity contribution in [2.24, 2.45) is 0 Å². The summed E-state index contributed by atoms with van der Waals surface area (Å²) >= 11 is 5.83. The topological polar surface area (TPSA) is 77.2 Å². The van der Waals surface area contributed by atoms with E-state index in [1.807, 2.05) is 0 Å². The number of nitrogens with zero attached hydrogens (tertiary/aromatic N) is 1. The van der Waals surface area contributed by atoms with Crippen molar-refractivity contribution in [2.45, 2.75) is 6.42 Å². The predicted octanol–water partition coefficient (Wildman–Crippen LogP) is 2.60. The van der Waals surface area contributed by atoms with Gasteiger partial charge in [0.15, 0.2) is 5.75 Å². The van der Waals surface area contributed by atoms with Crippen molar-refractivity contribution in [1.29, 1.82) is 0 Å². The van der Waals surface area contributed by atoms with E-state index in [2.05, 4.69) is 10.3 Å². The van der Waals surface area contributed by atoms with E-state index in [0.29, 0.717) is 28.6 Å². The first kappa shape index (κ1) is 11.8. The Labute approximate surface area is 114 Å². The summed E-state index contributed by atoms with van der Waals surface area (Å²) in [5.74, 6) is 0.907. The molecule has 0 bridgehead atoms. The number of benzene rings is 1. The Kier molecular flexibility index (Phi) is 2.76. The van der Waals surface area contributed by atoms with Gasteiger partial charge in [-0.1, -0.05) is 11.6 Å². The van der Waals surface area contributed by atoms with Crippen LogP contribution in [0.4, 0.5) is 11.4 Å². The molecule has 2 heterocycles. The number of nitrogens with two attached hydrogens (primary N) is 1. The summed E-state index contributed by atoms with van der Waals surface area (Å²) in [5.41, 5.74) is 7.98. The first-order valence-corrected chi connectivity index (χ1v) is 6.00. The molecule has 5 nitrogen and oxygen atoms in total. The van der Waals surface area contributed by atoms with Crippen LogP contribution >= 0.6 is 11.6 Å². The number of aromatic nitrogens is 1. The molecule has 1 aromatic carbocycles. The smallest absolute Gasteiger partial charge is 0.228 e. The lowest BCUT2D eigenvalue weighted by molar-refractivity contribution is -0.115. The Morgan fingerprint density at radius 2 is 2.16 bits per heavy atom. The Bertz CT molecular complexity index is 673. The number of rotatable bonds is 2. The standard InChI is InChI=1S/C13H10ClN3O2/c14-8-3-9(6-16-5-8)19-12-4-11-7(1-10(12)15)2-13(18)17-11/h1,3-6H,2,15H2,(H,17,18). The second kappa shape index (κ2) is 4.44. The quantitative estimate of drug-likeness (QED) is 0.826. The third-order valence-electron chi connectivity index (χ3n) is 2.77. The number of hydrogen-bond acceptors (Lipinski definition) is 4. The highest BCUT2D eigenvalue weighted by Crippen LogP contribution is 2.35. The first-order chi connectivity index (χ1) is 9.11. The molecule has 1 aliphatic rings. The lowest BCUT2D eigenvalue weighted by atomic mass is 10.1. The molecule has 3 rings (SSSR count). The molecule has 2 aromatic rings. The molecule has 1 amide bonds. The number of fused-ring (bicyclic) bond motifs is 1. The number of halogens is 1. The molecule has 3 N–H and O–H groups in total. The number of hydrogen-bond donors (Lipinski definition) is 2. The highest BCUT2D eigenvalue weighted by Gasteiger charge is 2.20. The fourth-order valence-electron chi connectivity index (χ4n) is 1.94. The van der Waals surface area contributed by atoms with Gasteiger partial charge in [-0.3, -0.25) is 9.78 Å². The average Bonchev–Trinajstić information content (AvgIpc) is 2.69. The van der Waals surface area contributed by atoms with Crippen LogP contribution in [-0.2, 0) is 11.2 Å². The highest BCUT2D eigenvalue weighted by atomic mass is 35.5. The molecule has 0 saturated carbocycles. The van der Waals surface area contributed by atoms with Crippen LogP contribution in [0.15, 0.2) is 30.6 Å². The number of pyridine rings is 1. The Hall–Kier alpha value is -2.27. The summed E-state index contributed by atoms with van der Waals surface area (Å²) in [5, 5.41) is 3.22. The minimum absolute atomic E-state index is 0.0454. The summed E-state index contributed by atoms with van der Waals surface area (Å²) in [7, 11) is 0. The molecule has 0 aliphatic carbocycles. The van der Waals surface area contributed by atoms with Gasteiger partial charge in [0.25, 0.3) is 0 Å². The van der Waals surface area contributed by atoms with Crippen LogP contribution < -0.4 is 15.8 Å². The predicted molar refractivity (Wildman–Crippen MR) is 72.5 cm³/mol. The van der Waals surface area contributed by atoms with E-state index >= 15 is 0 Å². The lowest BCUT2D eigenvalue weighted by Gasteiger charge is -2.10. The number of ether oxygens (including phenoxy) is 1. The largest absolute Gasteiger partial charge is 0.453 e. The van der Waals surface area contributed by atoms with Gasteiger partial charge in [0.2, 0.25) is 5.91 Å². The van der Waals surface area contributed by atoms with Crippen molar-refractivity contribution in [3.8, 4) is 11.5 Å². The van der Waals surface area contributed by atoms with Crippen molar-refractivity contribution in [1.82, 2.24) is 4.98 Å². The molecule has 19 heavy (non-hydrogen) atoms. The monoisotopic (exact) mass is 275 g/mol. The normalized spacial score (nSPS) is 13.0. The van der Waals surface area contributed by atoms with E-state index in [9.17, 15) is 4.79 Å². The summed E-state index contributed by atoms with van der Waals surface area (Å²) in [6, 6.07) is 5.08. The molecule has 0 unspecified atom stereocenters. The number of nitrogens with one attached hydrogen (secondary N) is 1. The Balaban J connectivity index is 1.94. The minimum Gasteiger partial charge on any atom is -0.453 e. The maximum atomic E-state index is 11.3. The van der Waals surface area contributed by atoms with E-state index in [-0.39, 0.29) is 5.91 Å². The molecule has 96 valence electrons. The second-order valence-electron chi connectivity index (χ2n) is 4.21. The number of nitrogen functional groups attached to an aromatic ring is 1. The van der Waals surface area contributed by atoms with Crippen LogP contribution in [0.5, 0.6) is 11.5 Å². The Morgan fingerprint density at radius 1 is 1.32 bits per heavy atom. The van der Waals surface area contributed by atoms with E-state index in [0.717, 1.165) is 11.3 Å². The molecule has 0 saturated heterocycles. The number of anilines is 2. The van der Waals surface area contributed by atoms with Crippen LogP contribution in [0.1, 0.15) is 5.56 Å². The number of amides is 1. The third kappa shape index (κ3) is 2.32. The average molecular weight is 276 g/mol. The van der Waals surface area contributed by atoms with Crippen molar-refractivity contribution in [3.05, 3.63) is 41.2 Å². The van der Waals surface area contributed by atoms with Gasteiger partial charge < -0.3 is 15.8 Å². The van der Waals surface area contributed by atoms with Gasteiger partial charge in [0.05, 0.1) is 23.3 Å². The number of carbonyl (C=O) groups is 1. The zero-order chi connectivity index (χ0) is 13.4. The van der Waals surface area contributed by atoms with Gasteiger partial charge in [0, 0.05) is 24.0 Å². The molecular formula is C13H10ClN3O2. The van der Waals surface area contributed by atoms with E-state index in [1.54, 1.807) is 18.2 Å². The summed E-state index contributed by atoms with van der Waals surface area (Å²) < 4.78 is 5.63. The summed E-state index contributed by atoms with van der Waals surface area (Å²) in [4.78, 5) is 15.2. The highest BCUT2D eigenvalue weighted by molar-refractivity contribution is 6.30. The molecule has 0 radical (unpaired) electrons. The van der Waals surface area contributed by atoms with E-state index in [4.69, 9.17) is 22.1 Å². The van der Waals surface area contributed by atoms with Crippen LogP contribution in [0.25, 0.3) is 0 Å². The Morgan fingerprint density at radius 3 is 2.95 bits per heavy atom. The van der Waals surface area contributed by atoms with Crippen LogP contribution in [-0.4, -0.2) is 10.9 Å². The minimum atomic E-state index is -0.0454. The zero-order valence-corrected chi connectivity index (χ0v) is 10.6. The second-order valence-corrected chi connectivity index (χ2v) is 4.65. The lowest BCUT2D eigenvalue weighted by Crippen LogP contribution is -2.03. The van der Waals surface area contributed by atoms with Crippen molar-refractivity contribution in [2.75, 3.05) is 11.1 Å². The summed E-state index contributed by atoms with van der Waals surface area (Å²) in [6.45, 7) is 0. The SMILES string of the molecule is Nc1cc2c(cc1Oc1cncc(Cl)c1)NC(=O)C2. The number of carbonyl (C=O) groups excluding carboxylic acids is 1. The fraction of sp³-hybridized carbons (Fsp3) is 0.0769. The summed E-state index contributed by atoms with van der Waals surface area (Å²) in [6.07, 6.45) is 3.40. The van der Waals surface area contributed by atoms with E-state index < -0.39 is 0 Å². The molecule has 0 fully saturated rings. The molecule has 0 atom stereocenters. The maximum absolute atomic E-state index is 11.3. The van der Waals surface area contributed by atoms with Crippen LogP contribution in [0, 0.1) is 0 Å². The molecule has 1 aromatic heterocycles. The maximum Gasteiger partial charge on any atom is 0.228 e. The molecule has 1 aliphatic heterocycles. The zero-order valence-electron chi connectivity index (χ0n) is 9.81. The fourth-order valence-corrected chi connectivity index (χ4v) is 2.10. The van der Waals surface area contributed by atoms with Crippen LogP contribution in [0.2, 0.25) is 5.02 Å². The van der Waals surface area contributed by atoms with Crippen molar-refractivity contribution < 1.29 is 9.53 Å². The molecule has 0 spiro atoms. The van der Waals surface area contributed by atoms with Gasteiger partial charge >= 0.3 is 0 Å².